The second-order valence-electron chi connectivity index (χ2n) is 6.58. The number of amides is 1. The van der Waals surface area contributed by atoms with Crippen molar-refractivity contribution in [2.75, 3.05) is 12.4 Å². The Labute approximate surface area is 161 Å². The zero-order chi connectivity index (χ0) is 19.7. The van der Waals surface area contributed by atoms with Crippen molar-refractivity contribution in [1.82, 2.24) is 15.0 Å². The van der Waals surface area contributed by atoms with Crippen LogP contribution in [0.5, 0.6) is 5.75 Å². The number of hydrogen-bond acceptors (Lipinski definition) is 5. The lowest BCUT2D eigenvalue weighted by atomic mass is 10.1. The zero-order valence-electron chi connectivity index (χ0n) is 15.5. The van der Waals surface area contributed by atoms with Gasteiger partial charge >= 0.3 is 0 Å². The second kappa shape index (κ2) is 7.40. The number of nitrogens with one attached hydrogen (secondary N) is 1. The molecule has 7 nitrogen and oxygen atoms in total. The maximum Gasteiger partial charge on any atom is 0.278 e. The molecule has 0 spiro atoms. The molecule has 0 bridgehead atoms. The Kier molecular flexibility index (Phi) is 4.79. The van der Waals surface area contributed by atoms with Gasteiger partial charge in [-0.05, 0) is 42.3 Å². The van der Waals surface area contributed by atoms with E-state index in [4.69, 9.17) is 9.47 Å². The predicted molar refractivity (Wildman–Crippen MR) is 99.6 cm³/mol. The van der Waals surface area contributed by atoms with E-state index in [1.807, 2.05) is 31.2 Å². The SMILES string of the molecule is COc1ccc([C@@H]2Cn3nnc(C(=O)Nc4cc(C)ccc4F)c3CO2)cc1. The van der Waals surface area contributed by atoms with Crippen LogP contribution in [0.1, 0.15) is 33.4 Å². The number of hydrogen-bond donors (Lipinski definition) is 1. The zero-order valence-corrected chi connectivity index (χ0v) is 15.5. The lowest BCUT2D eigenvalue weighted by molar-refractivity contribution is -0.00173. The molecule has 1 aliphatic heterocycles. The van der Waals surface area contributed by atoms with Gasteiger partial charge in [0, 0.05) is 0 Å². The summed E-state index contributed by atoms with van der Waals surface area (Å²) in [5.41, 5.74) is 2.63. The van der Waals surface area contributed by atoms with Crippen LogP contribution < -0.4 is 10.1 Å². The van der Waals surface area contributed by atoms with E-state index in [9.17, 15) is 9.18 Å². The molecule has 0 unspecified atom stereocenters. The molecule has 2 aromatic carbocycles. The van der Waals surface area contributed by atoms with Gasteiger partial charge in [-0.2, -0.15) is 0 Å². The van der Waals surface area contributed by atoms with Crippen molar-refractivity contribution < 1.29 is 18.7 Å². The molecule has 0 saturated carbocycles. The van der Waals surface area contributed by atoms with Gasteiger partial charge in [-0.15, -0.1) is 5.10 Å². The van der Waals surface area contributed by atoms with E-state index < -0.39 is 11.7 Å². The number of fused-ring (bicyclic) bond motifs is 1. The van der Waals surface area contributed by atoms with E-state index in [1.54, 1.807) is 23.9 Å². The summed E-state index contributed by atoms with van der Waals surface area (Å²) in [6.45, 7) is 2.44. The van der Waals surface area contributed by atoms with Gasteiger partial charge in [0.15, 0.2) is 5.69 Å². The normalized spacial score (nSPS) is 15.8. The molecule has 4 rings (SSSR count). The summed E-state index contributed by atoms with van der Waals surface area (Å²) >= 11 is 0. The number of carbonyl (C=O) groups excluding carboxylic acids is 1. The number of aromatic nitrogens is 3. The average Bonchev–Trinajstić information content (AvgIpc) is 3.14. The van der Waals surface area contributed by atoms with Crippen LogP contribution >= 0.6 is 0 Å². The highest BCUT2D eigenvalue weighted by atomic mass is 19.1. The molecule has 1 aliphatic rings. The average molecular weight is 382 g/mol. The minimum atomic E-state index is -0.516. The first kappa shape index (κ1) is 18.1. The maximum absolute atomic E-state index is 13.9. The van der Waals surface area contributed by atoms with Crippen molar-refractivity contribution >= 4 is 11.6 Å². The highest BCUT2D eigenvalue weighted by molar-refractivity contribution is 6.03. The third-order valence-corrected chi connectivity index (χ3v) is 4.67. The molecule has 0 fully saturated rings. The van der Waals surface area contributed by atoms with E-state index >= 15 is 0 Å². The van der Waals surface area contributed by atoms with Gasteiger partial charge in [-0.1, -0.05) is 23.4 Å². The highest BCUT2D eigenvalue weighted by Gasteiger charge is 2.28. The van der Waals surface area contributed by atoms with Gasteiger partial charge in [0.05, 0.1) is 31.6 Å². The molecule has 1 aromatic heterocycles. The van der Waals surface area contributed by atoms with Crippen LogP contribution in [0.3, 0.4) is 0 Å². The van der Waals surface area contributed by atoms with E-state index in [-0.39, 0.29) is 24.1 Å². The van der Waals surface area contributed by atoms with E-state index in [1.165, 1.54) is 6.07 Å². The molecule has 3 aromatic rings. The molecule has 1 amide bonds. The summed E-state index contributed by atoms with van der Waals surface area (Å²) in [6.07, 6.45) is -0.203. The Bertz CT molecular complexity index is 1020. The van der Waals surface area contributed by atoms with Crippen molar-refractivity contribution in [3.63, 3.8) is 0 Å². The van der Waals surface area contributed by atoms with E-state index in [2.05, 4.69) is 15.6 Å². The first-order valence-electron chi connectivity index (χ1n) is 8.80. The van der Waals surface area contributed by atoms with E-state index in [0.717, 1.165) is 16.9 Å². The first-order valence-corrected chi connectivity index (χ1v) is 8.80. The summed E-state index contributed by atoms with van der Waals surface area (Å²) < 4.78 is 26.6. The third kappa shape index (κ3) is 3.46. The molecular weight excluding hydrogens is 363 g/mol. The van der Waals surface area contributed by atoms with Gasteiger partial charge < -0.3 is 14.8 Å². The molecule has 2 heterocycles. The quantitative estimate of drug-likeness (QED) is 0.749. The van der Waals surface area contributed by atoms with Gasteiger partial charge in [0.25, 0.3) is 5.91 Å². The molecule has 8 heteroatoms. The predicted octanol–water partition coefficient (Wildman–Crippen LogP) is 3.26. The number of anilines is 1. The standard InChI is InChI=1S/C20H19FN4O3/c1-12-3-8-15(21)16(9-12)22-20(26)19-17-11-28-18(10-25(17)24-23-19)13-4-6-14(27-2)7-5-13/h3-9,18H,10-11H2,1-2H3,(H,22,26)/t18-/m0/s1. The summed E-state index contributed by atoms with van der Waals surface area (Å²) in [5, 5.41) is 10.6. The van der Waals surface area contributed by atoms with Crippen LogP contribution in [-0.4, -0.2) is 28.0 Å². The minimum absolute atomic E-state index is 0.111. The fourth-order valence-corrected chi connectivity index (χ4v) is 3.12. The summed E-state index contributed by atoms with van der Waals surface area (Å²) in [4.78, 5) is 12.6. The Morgan fingerprint density at radius 2 is 2.07 bits per heavy atom. The minimum Gasteiger partial charge on any atom is -0.497 e. The van der Waals surface area contributed by atoms with Crippen molar-refractivity contribution in [2.45, 2.75) is 26.2 Å². The molecule has 144 valence electrons. The molecular formula is C20H19FN4O3. The Hall–Kier alpha value is -3.26. The largest absolute Gasteiger partial charge is 0.497 e. The number of aryl methyl sites for hydroxylation is 1. The van der Waals surface area contributed by atoms with Crippen LogP contribution in [-0.2, 0) is 17.9 Å². The van der Waals surface area contributed by atoms with Gasteiger partial charge in [-0.3, -0.25) is 4.79 Å². The summed E-state index contributed by atoms with van der Waals surface area (Å²) in [7, 11) is 1.61. The van der Waals surface area contributed by atoms with Crippen molar-refractivity contribution in [3.05, 3.63) is 70.8 Å². The van der Waals surface area contributed by atoms with Gasteiger partial charge in [0.1, 0.15) is 17.7 Å². The molecule has 1 N–H and O–H groups in total. The van der Waals surface area contributed by atoms with Crippen molar-refractivity contribution in [2.24, 2.45) is 0 Å². The fourth-order valence-electron chi connectivity index (χ4n) is 3.12. The Morgan fingerprint density at radius 1 is 1.29 bits per heavy atom. The second-order valence-corrected chi connectivity index (χ2v) is 6.58. The topological polar surface area (TPSA) is 78.3 Å². The monoisotopic (exact) mass is 382 g/mol. The number of nitrogens with zero attached hydrogens (tertiary/aromatic N) is 3. The third-order valence-electron chi connectivity index (χ3n) is 4.67. The lowest BCUT2D eigenvalue weighted by Gasteiger charge is -2.24. The number of carbonyl (C=O) groups is 1. The highest BCUT2D eigenvalue weighted by Crippen LogP contribution is 2.28. The molecule has 0 aliphatic carbocycles. The van der Waals surface area contributed by atoms with Crippen LogP contribution in [0, 0.1) is 12.7 Å². The van der Waals surface area contributed by atoms with Gasteiger partial charge in [0.2, 0.25) is 0 Å². The Balaban J connectivity index is 1.51. The molecule has 0 radical (unpaired) electrons. The lowest BCUT2D eigenvalue weighted by Crippen LogP contribution is -2.24. The van der Waals surface area contributed by atoms with Crippen LogP contribution in [0.4, 0.5) is 10.1 Å². The fraction of sp³-hybridized carbons (Fsp3) is 0.250. The first-order chi connectivity index (χ1) is 13.5. The smallest absolute Gasteiger partial charge is 0.278 e. The molecule has 0 saturated heterocycles. The van der Waals surface area contributed by atoms with Crippen molar-refractivity contribution in [1.29, 1.82) is 0 Å². The van der Waals surface area contributed by atoms with Crippen LogP contribution in [0.2, 0.25) is 0 Å². The Morgan fingerprint density at radius 3 is 2.82 bits per heavy atom. The van der Waals surface area contributed by atoms with Crippen molar-refractivity contribution in [3.8, 4) is 5.75 Å². The number of methoxy groups -OCH3 is 1. The number of benzene rings is 2. The van der Waals surface area contributed by atoms with Crippen LogP contribution in [0.15, 0.2) is 42.5 Å². The number of ether oxygens (including phenoxy) is 2. The maximum atomic E-state index is 13.9. The number of rotatable bonds is 4. The van der Waals surface area contributed by atoms with Crippen LogP contribution in [0.25, 0.3) is 0 Å². The summed E-state index contributed by atoms with van der Waals surface area (Å²) in [5.74, 6) is -0.253. The van der Waals surface area contributed by atoms with E-state index in [0.29, 0.717) is 12.2 Å². The summed E-state index contributed by atoms with van der Waals surface area (Å²) in [6, 6.07) is 12.1. The van der Waals surface area contributed by atoms with Gasteiger partial charge in [-0.25, -0.2) is 9.07 Å². The molecule has 1 atom stereocenters. The molecule has 28 heavy (non-hydrogen) atoms. The number of halogens is 1.